The van der Waals surface area contributed by atoms with Gasteiger partial charge in [-0.25, -0.2) is 18.2 Å². The maximum absolute atomic E-state index is 12.8. The molecule has 0 unspecified atom stereocenters. The van der Waals surface area contributed by atoms with Crippen molar-refractivity contribution >= 4 is 61.6 Å². The topological polar surface area (TPSA) is 103 Å². The van der Waals surface area contributed by atoms with E-state index < -0.39 is 16.0 Å². The van der Waals surface area contributed by atoms with Crippen LogP contribution in [-0.2, 0) is 10.0 Å². The molecule has 2 aromatic carbocycles. The van der Waals surface area contributed by atoms with Crippen LogP contribution in [0.25, 0.3) is 10.9 Å². The standard InChI is InChI=1S/C21H20Cl2N4O4S/c1-26-6-8-27(9-7-26)20-12-16(21(28)29)15-10-13(2-5-19(15)24-20)25-32(30,31)14-3-4-17(22)18(23)11-14/h2-5,10-12,25H,6-9H2,1H3,(H,28,29). The second kappa shape index (κ2) is 8.74. The molecule has 4 rings (SSSR count). The van der Waals surface area contributed by atoms with Crippen molar-refractivity contribution in [3.8, 4) is 0 Å². The Morgan fingerprint density at radius 1 is 1.03 bits per heavy atom. The molecule has 1 saturated heterocycles. The minimum Gasteiger partial charge on any atom is -0.478 e. The molecule has 0 amide bonds. The van der Waals surface area contributed by atoms with Gasteiger partial charge in [-0.2, -0.15) is 0 Å². The summed E-state index contributed by atoms with van der Waals surface area (Å²) in [4.78, 5) is 20.8. The molecule has 1 fully saturated rings. The molecule has 168 valence electrons. The fraction of sp³-hybridized carbons (Fsp3) is 0.238. The van der Waals surface area contributed by atoms with Gasteiger partial charge < -0.3 is 14.9 Å². The van der Waals surface area contributed by atoms with E-state index in [-0.39, 0.29) is 26.2 Å². The number of aromatic nitrogens is 1. The van der Waals surface area contributed by atoms with Crippen LogP contribution in [0, 0.1) is 0 Å². The minimum atomic E-state index is -3.96. The molecular formula is C21H20Cl2N4O4S. The zero-order valence-electron chi connectivity index (χ0n) is 17.0. The summed E-state index contributed by atoms with van der Waals surface area (Å²) >= 11 is 11.8. The number of nitrogens with zero attached hydrogens (tertiary/aromatic N) is 3. The van der Waals surface area contributed by atoms with E-state index in [0.717, 1.165) is 26.2 Å². The van der Waals surface area contributed by atoms with Crippen LogP contribution in [0.4, 0.5) is 11.5 Å². The Kier molecular flexibility index (Phi) is 6.17. The molecule has 1 aliphatic rings. The van der Waals surface area contributed by atoms with E-state index in [2.05, 4.69) is 14.6 Å². The fourth-order valence-corrected chi connectivity index (χ4v) is 4.95. The van der Waals surface area contributed by atoms with E-state index in [4.69, 9.17) is 23.2 Å². The highest BCUT2D eigenvalue weighted by molar-refractivity contribution is 7.92. The molecule has 0 aliphatic carbocycles. The highest BCUT2D eigenvalue weighted by atomic mass is 35.5. The Labute approximate surface area is 195 Å². The van der Waals surface area contributed by atoms with Crippen LogP contribution in [-0.4, -0.2) is 62.6 Å². The van der Waals surface area contributed by atoms with Gasteiger partial charge in [0.15, 0.2) is 0 Å². The summed E-state index contributed by atoms with van der Waals surface area (Å²) < 4.78 is 28.0. The summed E-state index contributed by atoms with van der Waals surface area (Å²) in [6.45, 7) is 3.21. The number of hydrogen-bond acceptors (Lipinski definition) is 6. The third-order valence-electron chi connectivity index (χ3n) is 5.31. The predicted octanol–water partition coefficient (Wildman–Crippen LogP) is 3.79. The maximum Gasteiger partial charge on any atom is 0.336 e. The second-order valence-corrected chi connectivity index (χ2v) is 10.0. The van der Waals surface area contributed by atoms with Gasteiger partial charge in [-0.1, -0.05) is 23.2 Å². The number of carbonyl (C=O) groups is 1. The van der Waals surface area contributed by atoms with Crippen molar-refractivity contribution in [1.29, 1.82) is 0 Å². The number of nitrogens with one attached hydrogen (secondary N) is 1. The Bertz CT molecular complexity index is 1310. The number of benzene rings is 2. The van der Waals surface area contributed by atoms with E-state index in [1.807, 2.05) is 11.9 Å². The molecule has 8 nitrogen and oxygen atoms in total. The van der Waals surface area contributed by atoms with Gasteiger partial charge in [0.25, 0.3) is 10.0 Å². The van der Waals surface area contributed by atoms with Crippen LogP contribution in [0.2, 0.25) is 10.0 Å². The lowest BCUT2D eigenvalue weighted by molar-refractivity contribution is 0.0699. The molecule has 0 saturated carbocycles. The number of pyridine rings is 1. The Morgan fingerprint density at radius 3 is 2.41 bits per heavy atom. The number of fused-ring (bicyclic) bond motifs is 1. The Balaban J connectivity index is 1.70. The summed E-state index contributed by atoms with van der Waals surface area (Å²) in [5.74, 6) is -0.524. The molecule has 1 aromatic heterocycles. The average Bonchev–Trinajstić information content (AvgIpc) is 2.75. The lowest BCUT2D eigenvalue weighted by atomic mass is 10.1. The van der Waals surface area contributed by atoms with Crippen LogP contribution in [0.1, 0.15) is 10.4 Å². The van der Waals surface area contributed by atoms with Gasteiger partial charge >= 0.3 is 5.97 Å². The summed E-state index contributed by atoms with van der Waals surface area (Å²) in [5.41, 5.74) is 0.732. The Hall–Kier alpha value is -2.59. The van der Waals surface area contributed by atoms with Gasteiger partial charge in [-0.3, -0.25) is 4.72 Å². The van der Waals surface area contributed by atoms with Crippen LogP contribution in [0.3, 0.4) is 0 Å². The number of carboxylic acid groups (broad SMARTS) is 1. The van der Waals surface area contributed by atoms with Gasteiger partial charge in [0.2, 0.25) is 0 Å². The third-order valence-corrected chi connectivity index (χ3v) is 7.42. The number of hydrogen-bond donors (Lipinski definition) is 2. The zero-order chi connectivity index (χ0) is 23.0. The van der Waals surface area contributed by atoms with Crippen molar-refractivity contribution in [2.45, 2.75) is 4.90 Å². The molecule has 11 heteroatoms. The number of carboxylic acids is 1. The number of sulfonamides is 1. The predicted molar refractivity (Wildman–Crippen MR) is 126 cm³/mol. The first-order valence-electron chi connectivity index (χ1n) is 9.73. The molecule has 0 bridgehead atoms. The van der Waals surface area contributed by atoms with Crippen molar-refractivity contribution < 1.29 is 18.3 Å². The first kappa shape index (κ1) is 22.6. The normalized spacial score (nSPS) is 15.2. The van der Waals surface area contributed by atoms with Crippen molar-refractivity contribution in [3.05, 3.63) is 58.1 Å². The molecule has 32 heavy (non-hydrogen) atoms. The van der Waals surface area contributed by atoms with E-state index >= 15 is 0 Å². The fourth-order valence-electron chi connectivity index (χ4n) is 3.51. The van der Waals surface area contributed by atoms with Crippen LogP contribution < -0.4 is 9.62 Å². The molecule has 2 heterocycles. The Morgan fingerprint density at radius 2 is 1.75 bits per heavy atom. The summed E-state index contributed by atoms with van der Waals surface area (Å²) in [5, 5.41) is 10.5. The van der Waals surface area contributed by atoms with Gasteiger partial charge in [-0.15, -0.1) is 0 Å². The average molecular weight is 495 g/mol. The van der Waals surface area contributed by atoms with Crippen molar-refractivity contribution in [2.75, 3.05) is 42.8 Å². The number of aromatic carboxylic acids is 1. The quantitative estimate of drug-likeness (QED) is 0.555. The van der Waals surface area contributed by atoms with Crippen LogP contribution in [0.5, 0.6) is 0 Å². The van der Waals surface area contributed by atoms with E-state index in [9.17, 15) is 18.3 Å². The first-order chi connectivity index (χ1) is 15.1. The lowest BCUT2D eigenvalue weighted by Gasteiger charge is -2.33. The molecule has 1 aliphatic heterocycles. The van der Waals surface area contributed by atoms with Crippen LogP contribution >= 0.6 is 23.2 Å². The van der Waals surface area contributed by atoms with Crippen molar-refractivity contribution in [2.24, 2.45) is 0 Å². The molecule has 2 N–H and O–H groups in total. The second-order valence-electron chi connectivity index (χ2n) is 7.54. The lowest BCUT2D eigenvalue weighted by Crippen LogP contribution is -2.44. The molecule has 0 radical (unpaired) electrons. The van der Waals surface area contributed by atoms with Crippen molar-refractivity contribution in [3.63, 3.8) is 0 Å². The first-order valence-corrected chi connectivity index (χ1v) is 12.0. The maximum atomic E-state index is 12.8. The smallest absolute Gasteiger partial charge is 0.336 e. The van der Waals surface area contributed by atoms with E-state index in [1.165, 1.54) is 30.3 Å². The van der Waals surface area contributed by atoms with Crippen molar-refractivity contribution in [1.82, 2.24) is 9.88 Å². The highest BCUT2D eigenvalue weighted by Gasteiger charge is 2.21. The monoisotopic (exact) mass is 494 g/mol. The number of likely N-dealkylation sites (N-methyl/N-ethyl adjacent to an activating group) is 1. The van der Waals surface area contributed by atoms with Gasteiger partial charge in [0.1, 0.15) is 5.82 Å². The molecule has 3 aromatic rings. The number of rotatable bonds is 5. The largest absolute Gasteiger partial charge is 0.478 e. The van der Waals surface area contributed by atoms with E-state index in [0.29, 0.717) is 16.7 Å². The van der Waals surface area contributed by atoms with E-state index in [1.54, 1.807) is 12.1 Å². The van der Waals surface area contributed by atoms with Gasteiger partial charge in [0, 0.05) is 37.3 Å². The number of halogens is 2. The summed E-state index contributed by atoms with van der Waals surface area (Å²) in [7, 11) is -1.92. The van der Waals surface area contributed by atoms with Gasteiger partial charge in [0.05, 0.1) is 26.0 Å². The summed E-state index contributed by atoms with van der Waals surface area (Å²) in [6.07, 6.45) is 0. The number of piperazine rings is 1. The molecule has 0 atom stereocenters. The van der Waals surface area contributed by atoms with Gasteiger partial charge in [-0.05, 0) is 49.5 Å². The third kappa shape index (κ3) is 4.61. The summed E-state index contributed by atoms with van der Waals surface area (Å²) in [6, 6.07) is 10.1. The molecule has 0 spiro atoms. The van der Waals surface area contributed by atoms with Crippen LogP contribution in [0.15, 0.2) is 47.4 Å². The number of anilines is 2. The minimum absolute atomic E-state index is 0.0551. The highest BCUT2D eigenvalue weighted by Crippen LogP contribution is 2.29. The molecular weight excluding hydrogens is 475 g/mol. The SMILES string of the molecule is CN1CCN(c2cc(C(=O)O)c3cc(NS(=O)(=O)c4ccc(Cl)c(Cl)c4)ccc3n2)CC1. The zero-order valence-corrected chi connectivity index (χ0v) is 19.4.